The van der Waals surface area contributed by atoms with E-state index in [0.29, 0.717) is 13.0 Å². The minimum absolute atomic E-state index is 0.0326. The third kappa shape index (κ3) is 4.52. The van der Waals surface area contributed by atoms with E-state index in [2.05, 4.69) is 17.2 Å². The van der Waals surface area contributed by atoms with Crippen LogP contribution in [0.4, 0.5) is 0 Å². The molecule has 1 rings (SSSR count). The molecule has 0 aliphatic rings. The number of thiophene rings is 1. The van der Waals surface area contributed by atoms with Crippen LogP contribution in [-0.4, -0.2) is 17.6 Å². The summed E-state index contributed by atoms with van der Waals surface area (Å²) in [7, 11) is 0. The number of aliphatic hydroxyl groups excluding tert-OH is 1. The lowest BCUT2D eigenvalue weighted by atomic mass is 9.96. The Labute approximate surface area is 112 Å². The van der Waals surface area contributed by atoms with Crippen molar-refractivity contribution < 1.29 is 9.90 Å². The molecule has 0 aromatic carbocycles. The Morgan fingerprint density at radius 1 is 1.50 bits per heavy atom. The Morgan fingerprint density at radius 2 is 2.22 bits per heavy atom. The maximum atomic E-state index is 11.8. The molecule has 1 amide bonds. The second kappa shape index (κ2) is 6.58. The van der Waals surface area contributed by atoms with Crippen LogP contribution >= 0.6 is 11.3 Å². The predicted octanol–water partition coefficient (Wildman–Crippen LogP) is 2.14. The molecule has 1 aromatic rings. The number of rotatable bonds is 3. The highest BCUT2D eigenvalue weighted by molar-refractivity contribution is 7.10. The number of nitrogens with one attached hydrogen (secondary N) is 1. The summed E-state index contributed by atoms with van der Waals surface area (Å²) >= 11 is 1.58. The first-order valence-corrected chi connectivity index (χ1v) is 6.77. The summed E-state index contributed by atoms with van der Waals surface area (Å²) in [6.45, 7) is 6.25. The van der Waals surface area contributed by atoms with Crippen LogP contribution in [0, 0.1) is 17.3 Å². The van der Waals surface area contributed by atoms with Crippen molar-refractivity contribution in [3.8, 4) is 11.8 Å². The number of aliphatic hydroxyl groups is 1. The van der Waals surface area contributed by atoms with Crippen molar-refractivity contribution in [1.29, 1.82) is 0 Å². The Balaban J connectivity index is 2.62. The van der Waals surface area contributed by atoms with Crippen LogP contribution in [0.1, 0.15) is 37.6 Å². The van der Waals surface area contributed by atoms with Gasteiger partial charge in [0.25, 0.3) is 0 Å². The standard InChI is InChI=1S/C14H19NO2S/c1-14(2,3)13(17)15-10-12-11(7-9-18-12)6-4-5-8-16/h7,9,16H,5,8,10H2,1-3H3,(H,15,17). The molecule has 0 saturated carbocycles. The van der Waals surface area contributed by atoms with Crippen LogP contribution in [0.2, 0.25) is 0 Å². The Morgan fingerprint density at radius 3 is 2.83 bits per heavy atom. The van der Waals surface area contributed by atoms with Crippen LogP contribution in [0.25, 0.3) is 0 Å². The average molecular weight is 265 g/mol. The number of carbonyl (C=O) groups is 1. The quantitative estimate of drug-likeness (QED) is 0.823. The third-order valence-electron chi connectivity index (χ3n) is 2.30. The number of hydrogen-bond donors (Lipinski definition) is 2. The number of carbonyl (C=O) groups excluding carboxylic acids is 1. The Kier molecular flexibility index (Phi) is 5.39. The molecule has 0 spiro atoms. The molecule has 18 heavy (non-hydrogen) atoms. The molecule has 0 unspecified atom stereocenters. The van der Waals surface area contributed by atoms with Gasteiger partial charge in [0, 0.05) is 22.3 Å². The van der Waals surface area contributed by atoms with Gasteiger partial charge in [0.1, 0.15) is 0 Å². The highest BCUT2D eigenvalue weighted by atomic mass is 32.1. The van der Waals surface area contributed by atoms with Crippen LogP contribution in [0.15, 0.2) is 11.4 Å². The van der Waals surface area contributed by atoms with Crippen molar-refractivity contribution in [1.82, 2.24) is 5.32 Å². The molecule has 0 bridgehead atoms. The molecule has 2 N–H and O–H groups in total. The molecule has 0 aliphatic heterocycles. The van der Waals surface area contributed by atoms with Gasteiger partial charge in [-0.15, -0.1) is 11.3 Å². The van der Waals surface area contributed by atoms with Gasteiger partial charge in [-0.1, -0.05) is 32.6 Å². The van der Waals surface area contributed by atoms with Crippen molar-refractivity contribution >= 4 is 17.2 Å². The van der Waals surface area contributed by atoms with Gasteiger partial charge in [-0.3, -0.25) is 4.79 Å². The minimum Gasteiger partial charge on any atom is -0.395 e. The van der Waals surface area contributed by atoms with Crippen molar-refractivity contribution in [3.63, 3.8) is 0 Å². The summed E-state index contributed by atoms with van der Waals surface area (Å²) in [5.41, 5.74) is 0.558. The normalized spacial score (nSPS) is 10.7. The Bertz CT molecular complexity index is 460. The van der Waals surface area contributed by atoms with Gasteiger partial charge in [-0.2, -0.15) is 0 Å². The van der Waals surface area contributed by atoms with Gasteiger partial charge in [0.2, 0.25) is 5.91 Å². The molecular formula is C14H19NO2S. The zero-order valence-corrected chi connectivity index (χ0v) is 11.9. The lowest BCUT2D eigenvalue weighted by Crippen LogP contribution is -2.34. The molecule has 1 heterocycles. The monoisotopic (exact) mass is 265 g/mol. The second-order valence-corrected chi connectivity index (χ2v) is 5.97. The van der Waals surface area contributed by atoms with Gasteiger partial charge in [-0.05, 0) is 11.4 Å². The van der Waals surface area contributed by atoms with E-state index >= 15 is 0 Å². The highest BCUT2D eigenvalue weighted by Gasteiger charge is 2.20. The fraction of sp³-hybridized carbons (Fsp3) is 0.500. The third-order valence-corrected chi connectivity index (χ3v) is 3.22. The van der Waals surface area contributed by atoms with Crippen molar-refractivity contribution in [2.45, 2.75) is 33.7 Å². The average Bonchev–Trinajstić information content (AvgIpc) is 2.72. The maximum Gasteiger partial charge on any atom is 0.225 e. The van der Waals surface area contributed by atoms with E-state index in [-0.39, 0.29) is 17.9 Å². The van der Waals surface area contributed by atoms with Crippen molar-refractivity contribution in [2.24, 2.45) is 5.41 Å². The van der Waals surface area contributed by atoms with E-state index in [1.165, 1.54) is 0 Å². The van der Waals surface area contributed by atoms with Gasteiger partial charge in [-0.25, -0.2) is 0 Å². The highest BCUT2D eigenvalue weighted by Crippen LogP contribution is 2.17. The molecule has 1 aromatic heterocycles. The van der Waals surface area contributed by atoms with E-state index in [1.807, 2.05) is 32.2 Å². The summed E-state index contributed by atoms with van der Waals surface area (Å²) in [6.07, 6.45) is 0.476. The molecule has 0 atom stereocenters. The van der Waals surface area contributed by atoms with E-state index in [1.54, 1.807) is 11.3 Å². The molecule has 0 fully saturated rings. The van der Waals surface area contributed by atoms with E-state index in [0.717, 1.165) is 10.4 Å². The fourth-order valence-electron chi connectivity index (χ4n) is 1.23. The smallest absolute Gasteiger partial charge is 0.225 e. The zero-order valence-electron chi connectivity index (χ0n) is 11.0. The fourth-order valence-corrected chi connectivity index (χ4v) is 2.00. The largest absolute Gasteiger partial charge is 0.395 e. The van der Waals surface area contributed by atoms with E-state index < -0.39 is 0 Å². The summed E-state index contributed by atoms with van der Waals surface area (Å²) in [5.74, 6) is 5.93. The first kappa shape index (κ1) is 14.7. The van der Waals surface area contributed by atoms with Crippen molar-refractivity contribution in [3.05, 3.63) is 21.9 Å². The van der Waals surface area contributed by atoms with E-state index in [4.69, 9.17) is 5.11 Å². The summed E-state index contributed by atoms with van der Waals surface area (Å²) in [5, 5.41) is 13.5. The molecule has 0 radical (unpaired) electrons. The number of amides is 1. The topological polar surface area (TPSA) is 49.3 Å². The van der Waals surface area contributed by atoms with Crippen molar-refractivity contribution in [2.75, 3.05) is 6.61 Å². The summed E-state index contributed by atoms with van der Waals surface area (Å²) in [4.78, 5) is 12.8. The lowest BCUT2D eigenvalue weighted by molar-refractivity contribution is -0.128. The van der Waals surface area contributed by atoms with Gasteiger partial charge in [0.15, 0.2) is 0 Å². The van der Waals surface area contributed by atoms with Crippen LogP contribution < -0.4 is 5.32 Å². The molecule has 98 valence electrons. The van der Waals surface area contributed by atoms with Gasteiger partial charge in [0.05, 0.1) is 13.2 Å². The zero-order chi connectivity index (χ0) is 13.6. The molecule has 0 aliphatic carbocycles. The first-order chi connectivity index (χ1) is 8.45. The second-order valence-electron chi connectivity index (χ2n) is 4.97. The van der Waals surface area contributed by atoms with E-state index in [9.17, 15) is 4.79 Å². The molecular weight excluding hydrogens is 246 g/mol. The van der Waals surface area contributed by atoms with Crippen LogP contribution in [0.5, 0.6) is 0 Å². The summed E-state index contributed by atoms with van der Waals surface area (Å²) < 4.78 is 0. The maximum absolute atomic E-state index is 11.8. The Hall–Kier alpha value is -1.31. The number of hydrogen-bond acceptors (Lipinski definition) is 3. The first-order valence-electron chi connectivity index (χ1n) is 5.89. The molecule has 3 nitrogen and oxygen atoms in total. The minimum atomic E-state index is -0.375. The summed E-state index contributed by atoms with van der Waals surface area (Å²) in [6, 6.07) is 1.94. The van der Waals surface area contributed by atoms with Crippen LogP contribution in [0.3, 0.4) is 0 Å². The van der Waals surface area contributed by atoms with Gasteiger partial charge < -0.3 is 10.4 Å². The lowest BCUT2D eigenvalue weighted by Gasteiger charge is -2.17. The SMILES string of the molecule is CC(C)(C)C(=O)NCc1sccc1C#CCCO. The van der Waals surface area contributed by atoms with Crippen LogP contribution in [-0.2, 0) is 11.3 Å². The molecule has 0 saturated heterocycles. The predicted molar refractivity (Wildman–Crippen MR) is 74.2 cm³/mol. The van der Waals surface area contributed by atoms with Gasteiger partial charge >= 0.3 is 0 Å². The molecule has 4 heteroatoms.